The van der Waals surface area contributed by atoms with Crippen LogP contribution in [0.1, 0.15) is 0 Å². The molecular formula is C6H4ClN3S. The van der Waals surface area contributed by atoms with Crippen LogP contribution in [0.25, 0.3) is 10.2 Å². The number of fused-ring (bicyclic) bond motifs is 1. The topological polar surface area (TPSA) is 51.8 Å². The highest BCUT2D eigenvalue weighted by molar-refractivity contribution is 7.17. The largest absolute Gasteiger partial charge is 0.397 e. The molecule has 0 amide bonds. The molecule has 0 atom stereocenters. The predicted octanol–water partition coefficient (Wildman–Crippen LogP) is 1.93. The van der Waals surface area contributed by atoms with E-state index in [1.165, 1.54) is 17.7 Å². The zero-order valence-electron chi connectivity index (χ0n) is 5.41. The Morgan fingerprint density at radius 2 is 2.27 bits per heavy atom. The molecule has 0 fully saturated rings. The Labute approximate surface area is 71.8 Å². The summed E-state index contributed by atoms with van der Waals surface area (Å²) in [6, 6.07) is 0. The lowest BCUT2D eigenvalue weighted by Crippen LogP contribution is -1.84. The molecule has 0 aromatic carbocycles. The molecule has 0 saturated heterocycles. The molecule has 0 saturated carbocycles. The van der Waals surface area contributed by atoms with Gasteiger partial charge in [-0.1, -0.05) is 11.6 Å². The molecule has 2 N–H and O–H groups in total. The van der Waals surface area contributed by atoms with E-state index in [1.54, 1.807) is 0 Å². The number of hydrogen-bond acceptors (Lipinski definition) is 4. The molecule has 0 aliphatic heterocycles. The van der Waals surface area contributed by atoms with Gasteiger partial charge in [0.1, 0.15) is 16.3 Å². The third kappa shape index (κ3) is 0.948. The molecule has 0 bridgehead atoms. The minimum atomic E-state index is 0.425. The molecule has 0 spiro atoms. The van der Waals surface area contributed by atoms with Crippen LogP contribution >= 0.6 is 22.9 Å². The summed E-state index contributed by atoms with van der Waals surface area (Å²) in [7, 11) is 0. The van der Waals surface area contributed by atoms with Crippen molar-refractivity contribution in [3.63, 3.8) is 0 Å². The van der Waals surface area contributed by atoms with E-state index < -0.39 is 0 Å². The van der Waals surface area contributed by atoms with Gasteiger partial charge in [-0.05, 0) is 0 Å². The summed E-state index contributed by atoms with van der Waals surface area (Å²) in [5.74, 6) is 0. The van der Waals surface area contributed by atoms with Crippen molar-refractivity contribution < 1.29 is 0 Å². The maximum Gasteiger partial charge on any atom is 0.143 e. The molecule has 56 valence electrons. The second-order valence-electron chi connectivity index (χ2n) is 2.04. The fourth-order valence-corrected chi connectivity index (χ4v) is 1.95. The molecule has 11 heavy (non-hydrogen) atoms. The fraction of sp³-hybridized carbons (Fsp3) is 0. The number of nitrogens with two attached hydrogens (primary N) is 1. The van der Waals surface area contributed by atoms with Crippen molar-refractivity contribution in [1.29, 1.82) is 0 Å². The number of nitrogens with zero attached hydrogens (tertiary/aromatic N) is 2. The maximum absolute atomic E-state index is 5.78. The van der Waals surface area contributed by atoms with Crippen LogP contribution in [0.2, 0.25) is 5.15 Å². The predicted molar refractivity (Wildman–Crippen MR) is 46.8 cm³/mol. The Bertz CT molecular complexity index is 398. The summed E-state index contributed by atoms with van der Waals surface area (Å²) >= 11 is 7.25. The van der Waals surface area contributed by atoms with E-state index >= 15 is 0 Å². The Hall–Kier alpha value is -0.870. The van der Waals surface area contributed by atoms with Gasteiger partial charge >= 0.3 is 0 Å². The summed E-state index contributed by atoms with van der Waals surface area (Å²) in [4.78, 5) is 8.66. The van der Waals surface area contributed by atoms with Gasteiger partial charge in [0, 0.05) is 5.38 Å². The van der Waals surface area contributed by atoms with Crippen LogP contribution < -0.4 is 5.73 Å². The van der Waals surface area contributed by atoms with Gasteiger partial charge < -0.3 is 5.73 Å². The number of rotatable bonds is 0. The van der Waals surface area contributed by atoms with E-state index in [2.05, 4.69) is 9.97 Å². The van der Waals surface area contributed by atoms with Crippen LogP contribution in [-0.4, -0.2) is 9.97 Å². The molecule has 0 aliphatic carbocycles. The highest BCUT2D eigenvalue weighted by Crippen LogP contribution is 2.30. The SMILES string of the molecule is Nc1csc2ncnc(Cl)c12. The first-order chi connectivity index (χ1) is 5.29. The van der Waals surface area contributed by atoms with Gasteiger partial charge in [0.05, 0.1) is 11.1 Å². The minimum Gasteiger partial charge on any atom is -0.397 e. The first kappa shape index (κ1) is 6.82. The molecular weight excluding hydrogens is 182 g/mol. The van der Waals surface area contributed by atoms with E-state index in [0.717, 1.165) is 10.2 Å². The smallest absolute Gasteiger partial charge is 0.143 e. The maximum atomic E-state index is 5.78. The Balaban J connectivity index is 2.96. The van der Waals surface area contributed by atoms with Crippen molar-refractivity contribution in [2.75, 3.05) is 5.73 Å². The molecule has 2 heterocycles. The summed E-state index contributed by atoms with van der Waals surface area (Å²) in [5, 5.41) is 3.00. The monoisotopic (exact) mass is 185 g/mol. The quantitative estimate of drug-likeness (QED) is 0.638. The van der Waals surface area contributed by atoms with Gasteiger partial charge in [0.15, 0.2) is 0 Å². The lowest BCUT2D eigenvalue weighted by Gasteiger charge is -1.91. The van der Waals surface area contributed by atoms with Gasteiger partial charge in [0.25, 0.3) is 0 Å². The van der Waals surface area contributed by atoms with Crippen molar-refractivity contribution in [1.82, 2.24) is 9.97 Å². The second kappa shape index (κ2) is 2.32. The first-order valence-corrected chi connectivity index (χ1v) is 4.18. The lowest BCUT2D eigenvalue weighted by molar-refractivity contribution is 1.23. The number of anilines is 1. The number of aromatic nitrogens is 2. The highest BCUT2D eigenvalue weighted by atomic mass is 35.5. The van der Waals surface area contributed by atoms with Crippen LogP contribution in [0.3, 0.4) is 0 Å². The number of thiophene rings is 1. The Morgan fingerprint density at radius 3 is 3.00 bits per heavy atom. The second-order valence-corrected chi connectivity index (χ2v) is 3.25. The highest BCUT2D eigenvalue weighted by Gasteiger charge is 2.05. The normalized spacial score (nSPS) is 10.6. The van der Waals surface area contributed by atoms with Crippen molar-refractivity contribution in [2.45, 2.75) is 0 Å². The lowest BCUT2D eigenvalue weighted by atomic mass is 10.4. The molecule has 3 nitrogen and oxygen atoms in total. The van der Waals surface area contributed by atoms with Crippen LogP contribution in [0.15, 0.2) is 11.7 Å². The molecule has 5 heteroatoms. The average molecular weight is 186 g/mol. The van der Waals surface area contributed by atoms with Crippen LogP contribution in [0.5, 0.6) is 0 Å². The first-order valence-electron chi connectivity index (χ1n) is 2.92. The zero-order valence-corrected chi connectivity index (χ0v) is 6.99. The van der Waals surface area contributed by atoms with Gasteiger partial charge in [0.2, 0.25) is 0 Å². The average Bonchev–Trinajstić information content (AvgIpc) is 2.34. The zero-order chi connectivity index (χ0) is 7.84. The molecule has 0 aliphatic rings. The van der Waals surface area contributed by atoms with Gasteiger partial charge in [-0.2, -0.15) is 0 Å². The van der Waals surface area contributed by atoms with Crippen molar-refractivity contribution in [3.05, 3.63) is 16.9 Å². The molecule has 2 aromatic rings. The Morgan fingerprint density at radius 1 is 1.45 bits per heavy atom. The summed E-state index contributed by atoms with van der Waals surface area (Å²) in [6.45, 7) is 0. The van der Waals surface area contributed by atoms with Crippen molar-refractivity contribution in [3.8, 4) is 0 Å². The summed E-state index contributed by atoms with van der Waals surface area (Å²) in [5.41, 5.74) is 6.27. The van der Waals surface area contributed by atoms with E-state index in [9.17, 15) is 0 Å². The third-order valence-corrected chi connectivity index (χ3v) is 2.54. The standard InChI is InChI=1S/C6H4ClN3S/c7-5-4-3(8)1-11-6(4)10-2-9-5/h1-2H,8H2. The molecule has 2 rings (SSSR count). The Kier molecular flexibility index (Phi) is 1.44. The van der Waals surface area contributed by atoms with Gasteiger partial charge in [-0.15, -0.1) is 11.3 Å². The van der Waals surface area contributed by atoms with Gasteiger partial charge in [-0.3, -0.25) is 0 Å². The molecule has 2 aromatic heterocycles. The third-order valence-electron chi connectivity index (χ3n) is 1.35. The minimum absolute atomic E-state index is 0.425. The van der Waals surface area contributed by atoms with Crippen molar-refractivity contribution in [2.24, 2.45) is 0 Å². The van der Waals surface area contributed by atoms with Crippen LogP contribution in [0, 0.1) is 0 Å². The number of halogens is 1. The van der Waals surface area contributed by atoms with E-state index in [0.29, 0.717) is 10.8 Å². The fourth-order valence-electron chi connectivity index (χ4n) is 0.859. The van der Waals surface area contributed by atoms with Gasteiger partial charge in [-0.25, -0.2) is 9.97 Å². The number of nitrogen functional groups attached to an aromatic ring is 1. The summed E-state index contributed by atoms with van der Waals surface area (Å²) < 4.78 is 0. The van der Waals surface area contributed by atoms with E-state index in [4.69, 9.17) is 17.3 Å². The van der Waals surface area contributed by atoms with Crippen molar-refractivity contribution >= 4 is 38.8 Å². The molecule has 0 unspecified atom stereocenters. The van der Waals surface area contributed by atoms with E-state index in [1.807, 2.05) is 5.38 Å². The van der Waals surface area contributed by atoms with E-state index in [-0.39, 0.29) is 0 Å². The molecule has 0 radical (unpaired) electrons. The summed E-state index contributed by atoms with van der Waals surface area (Å²) in [6.07, 6.45) is 1.43. The van der Waals surface area contributed by atoms with Crippen LogP contribution in [-0.2, 0) is 0 Å². The number of hydrogen-bond donors (Lipinski definition) is 1. The van der Waals surface area contributed by atoms with Crippen LogP contribution in [0.4, 0.5) is 5.69 Å².